The highest BCUT2D eigenvalue weighted by molar-refractivity contribution is 7.79. The Bertz CT molecular complexity index is 309. The summed E-state index contributed by atoms with van der Waals surface area (Å²) in [5.74, 6) is 0.934. The first-order chi connectivity index (χ1) is 10.8. The predicted molar refractivity (Wildman–Crippen MR) is 96.1 cm³/mol. The molecule has 0 aliphatic carbocycles. The monoisotopic (exact) mass is 354 g/mol. The van der Waals surface area contributed by atoms with Gasteiger partial charge in [-0.1, -0.05) is 90.9 Å². The van der Waals surface area contributed by atoms with E-state index < -0.39 is 10.4 Å². The lowest BCUT2D eigenvalue weighted by molar-refractivity contribution is 0.282. The fraction of sp³-hybridized carbons (Fsp3) is 1.00. The fourth-order valence-corrected chi connectivity index (χ4v) is 2.40. The molecule has 0 bridgehead atoms. The summed E-state index contributed by atoms with van der Waals surface area (Å²) in [4.78, 5) is 0. The SMILES string of the molecule is CCC(C)CCCCCCCCCCCCCO.O=S(=O)(O)O. The van der Waals surface area contributed by atoms with Gasteiger partial charge in [0, 0.05) is 6.61 Å². The van der Waals surface area contributed by atoms with Crippen LogP contribution >= 0.6 is 0 Å². The van der Waals surface area contributed by atoms with Crippen LogP contribution in [-0.4, -0.2) is 29.2 Å². The molecule has 0 spiro atoms. The standard InChI is InChI=1S/C17H36O.H2O4S/c1-3-17(2)15-13-11-9-7-5-4-6-8-10-12-14-16-18;1-5(2,3)4/h17-18H,3-16H2,1-2H3;(H2,1,2,3,4). The maximum Gasteiger partial charge on any atom is 0.394 e. The second-order valence-corrected chi connectivity index (χ2v) is 7.26. The molecule has 0 aliphatic heterocycles. The molecule has 0 aromatic heterocycles. The van der Waals surface area contributed by atoms with E-state index in [1.807, 2.05) is 0 Å². The Hall–Kier alpha value is -0.170. The molecule has 0 heterocycles. The Labute approximate surface area is 143 Å². The van der Waals surface area contributed by atoms with Crippen LogP contribution in [0, 0.1) is 5.92 Å². The van der Waals surface area contributed by atoms with Gasteiger partial charge in [-0.25, -0.2) is 0 Å². The zero-order valence-corrected chi connectivity index (χ0v) is 15.9. The molecule has 0 radical (unpaired) electrons. The largest absolute Gasteiger partial charge is 0.396 e. The van der Waals surface area contributed by atoms with Crippen molar-refractivity contribution >= 4 is 10.4 Å². The quantitative estimate of drug-likeness (QED) is 0.299. The first kappa shape index (κ1) is 25.1. The predicted octanol–water partition coefficient (Wildman–Crippen LogP) is 5.05. The minimum atomic E-state index is -4.67. The van der Waals surface area contributed by atoms with Crippen LogP contribution in [0.5, 0.6) is 0 Å². The van der Waals surface area contributed by atoms with Crippen molar-refractivity contribution in [2.24, 2.45) is 5.92 Å². The molecule has 6 heteroatoms. The summed E-state index contributed by atoms with van der Waals surface area (Å²) >= 11 is 0. The number of unbranched alkanes of at least 4 members (excludes halogenated alkanes) is 10. The lowest BCUT2D eigenvalue weighted by Gasteiger charge is -2.07. The smallest absolute Gasteiger partial charge is 0.394 e. The van der Waals surface area contributed by atoms with Gasteiger partial charge in [-0.2, -0.15) is 8.42 Å². The Kier molecular flexibility index (Phi) is 19.8. The van der Waals surface area contributed by atoms with Crippen molar-refractivity contribution in [2.75, 3.05) is 6.61 Å². The van der Waals surface area contributed by atoms with Gasteiger partial charge in [0.25, 0.3) is 0 Å². The molecule has 5 nitrogen and oxygen atoms in total. The Balaban J connectivity index is 0. The summed E-state index contributed by atoms with van der Waals surface area (Å²) in [6, 6.07) is 0. The molecule has 142 valence electrons. The molecule has 0 rings (SSSR count). The number of hydrogen-bond acceptors (Lipinski definition) is 3. The maximum absolute atomic E-state index is 8.74. The van der Waals surface area contributed by atoms with Gasteiger partial charge < -0.3 is 5.11 Å². The average molecular weight is 355 g/mol. The van der Waals surface area contributed by atoms with E-state index in [1.54, 1.807) is 0 Å². The van der Waals surface area contributed by atoms with E-state index in [2.05, 4.69) is 13.8 Å². The molecular formula is C17H38O5S. The molecule has 0 fully saturated rings. The second kappa shape index (κ2) is 18.2. The van der Waals surface area contributed by atoms with E-state index in [0.717, 1.165) is 12.3 Å². The van der Waals surface area contributed by atoms with Crippen LogP contribution in [0.1, 0.15) is 97.3 Å². The Morgan fingerprint density at radius 2 is 1.04 bits per heavy atom. The Morgan fingerprint density at radius 3 is 1.35 bits per heavy atom. The van der Waals surface area contributed by atoms with E-state index >= 15 is 0 Å². The van der Waals surface area contributed by atoms with Crippen LogP contribution in [0.4, 0.5) is 0 Å². The topological polar surface area (TPSA) is 94.8 Å². The zero-order chi connectivity index (χ0) is 18.0. The highest BCUT2D eigenvalue weighted by Crippen LogP contribution is 2.15. The number of aliphatic hydroxyl groups excluding tert-OH is 1. The summed E-state index contributed by atoms with van der Waals surface area (Å²) in [7, 11) is -4.67. The van der Waals surface area contributed by atoms with Crippen LogP contribution in [-0.2, 0) is 10.4 Å². The van der Waals surface area contributed by atoms with Crippen molar-refractivity contribution in [2.45, 2.75) is 97.3 Å². The van der Waals surface area contributed by atoms with Crippen molar-refractivity contribution in [3.05, 3.63) is 0 Å². The minimum absolute atomic E-state index is 0.372. The van der Waals surface area contributed by atoms with E-state index in [-0.39, 0.29) is 0 Å². The summed E-state index contributed by atoms with van der Waals surface area (Å²) < 4.78 is 31.6. The van der Waals surface area contributed by atoms with Crippen molar-refractivity contribution in [3.8, 4) is 0 Å². The van der Waals surface area contributed by atoms with Gasteiger partial charge in [-0.15, -0.1) is 0 Å². The van der Waals surface area contributed by atoms with Crippen molar-refractivity contribution in [3.63, 3.8) is 0 Å². The van der Waals surface area contributed by atoms with E-state index in [4.69, 9.17) is 22.6 Å². The highest BCUT2D eigenvalue weighted by atomic mass is 32.3. The van der Waals surface area contributed by atoms with Crippen molar-refractivity contribution in [1.29, 1.82) is 0 Å². The van der Waals surface area contributed by atoms with E-state index in [1.165, 1.54) is 77.0 Å². The summed E-state index contributed by atoms with van der Waals surface area (Å²) in [6.45, 7) is 5.04. The van der Waals surface area contributed by atoms with Crippen LogP contribution in [0.2, 0.25) is 0 Å². The lowest BCUT2D eigenvalue weighted by Crippen LogP contribution is -1.91. The summed E-state index contributed by atoms with van der Waals surface area (Å²) in [6.07, 6.45) is 17.7. The van der Waals surface area contributed by atoms with Crippen molar-refractivity contribution in [1.82, 2.24) is 0 Å². The minimum Gasteiger partial charge on any atom is -0.396 e. The number of hydrogen-bond donors (Lipinski definition) is 3. The van der Waals surface area contributed by atoms with E-state index in [0.29, 0.717) is 6.61 Å². The van der Waals surface area contributed by atoms with Gasteiger partial charge in [0.15, 0.2) is 0 Å². The molecule has 1 unspecified atom stereocenters. The third-order valence-corrected chi connectivity index (χ3v) is 4.05. The van der Waals surface area contributed by atoms with Gasteiger partial charge in [0.1, 0.15) is 0 Å². The van der Waals surface area contributed by atoms with Crippen molar-refractivity contribution < 1.29 is 22.6 Å². The highest BCUT2D eigenvalue weighted by Gasteiger charge is 1.98. The molecular weight excluding hydrogens is 316 g/mol. The molecule has 0 saturated heterocycles. The van der Waals surface area contributed by atoms with Gasteiger partial charge >= 0.3 is 10.4 Å². The zero-order valence-electron chi connectivity index (χ0n) is 15.0. The lowest BCUT2D eigenvalue weighted by atomic mass is 9.99. The molecule has 3 N–H and O–H groups in total. The Morgan fingerprint density at radius 1 is 0.739 bits per heavy atom. The number of aliphatic hydroxyl groups is 1. The van der Waals surface area contributed by atoms with Crippen LogP contribution in [0.25, 0.3) is 0 Å². The molecule has 0 aromatic carbocycles. The summed E-state index contributed by atoms with van der Waals surface area (Å²) in [5, 5.41) is 8.66. The number of rotatable bonds is 14. The third-order valence-electron chi connectivity index (χ3n) is 4.05. The van der Waals surface area contributed by atoms with Gasteiger partial charge in [-0.3, -0.25) is 9.11 Å². The van der Waals surface area contributed by atoms with Gasteiger partial charge in [0.2, 0.25) is 0 Å². The molecule has 0 aliphatic rings. The van der Waals surface area contributed by atoms with Crippen LogP contribution in [0.15, 0.2) is 0 Å². The van der Waals surface area contributed by atoms with E-state index in [9.17, 15) is 0 Å². The first-order valence-electron chi connectivity index (χ1n) is 9.12. The van der Waals surface area contributed by atoms with Gasteiger partial charge in [-0.05, 0) is 12.3 Å². The maximum atomic E-state index is 8.74. The normalized spacial score (nSPS) is 12.6. The first-order valence-corrected chi connectivity index (χ1v) is 10.5. The molecule has 0 aromatic rings. The fourth-order valence-electron chi connectivity index (χ4n) is 2.40. The van der Waals surface area contributed by atoms with Gasteiger partial charge in [0.05, 0.1) is 0 Å². The average Bonchev–Trinajstić information content (AvgIpc) is 2.46. The van der Waals surface area contributed by atoms with Crippen LogP contribution < -0.4 is 0 Å². The molecule has 1 atom stereocenters. The molecule has 0 saturated carbocycles. The third kappa shape index (κ3) is 34.3. The second-order valence-electron chi connectivity index (χ2n) is 6.36. The molecule has 0 amide bonds. The molecule has 23 heavy (non-hydrogen) atoms. The van der Waals surface area contributed by atoms with Crippen LogP contribution in [0.3, 0.4) is 0 Å². The summed E-state index contributed by atoms with van der Waals surface area (Å²) in [5.41, 5.74) is 0.